The van der Waals surface area contributed by atoms with Crippen LogP contribution in [0.3, 0.4) is 0 Å². The highest BCUT2D eigenvalue weighted by Crippen LogP contribution is 2.02. The van der Waals surface area contributed by atoms with Crippen LogP contribution in [0.2, 0.25) is 0 Å². The lowest BCUT2D eigenvalue weighted by Gasteiger charge is -2.13. The molecule has 0 radical (unpaired) electrons. The van der Waals surface area contributed by atoms with Crippen molar-refractivity contribution < 1.29 is 29.3 Å². The maximum Gasteiger partial charge on any atom is 0.339 e. The molecule has 0 aliphatic heterocycles. The molecule has 0 aromatic heterocycles. The molecule has 0 aromatic carbocycles. The summed E-state index contributed by atoms with van der Waals surface area (Å²) < 4.78 is 9.23. The fraction of sp³-hybridized carbons (Fsp3) is 0.400. The number of esters is 2. The Morgan fingerprint density at radius 3 is 2.44 bits per heavy atom. The van der Waals surface area contributed by atoms with E-state index in [2.05, 4.69) is 16.1 Å². The SMILES string of the molecule is C=CC(=O)OC(C)OC(=O)/C(=C/CO)CO. The molecule has 0 spiro atoms. The molecule has 16 heavy (non-hydrogen) atoms. The van der Waals surface area contributed by atoms with Crippen LogP contribution in [0.15, 0.2) is 24.3 Å². The van der Waals surface area contributed by atoms with Crippen LogP contribution in [-0.2, 0) is 19.1 Å². The van der Waals surface area contributed by atoms with Crippen LogP contribution in [0.25, 0.3) is 0 Å². The van der Waals surface area contributed by atoms with Gasteiger partial charge in [-0.15, -0.1) is 0 Å². The number of rotatable bonds is 6. The van der Waals surface area contributed by atoms with Crippen molar-refractivity contribution in [3.05, 3.63) is 24.3 Å². The molecule has 0 saturated carbocycles. The van der Waals surface area contributed by atoms with Crippen LogP contribution in [-0.4, -0.2) is 41.7 Å². The molecule has 0 heterocycles. The summed E-state index contributed by atoms with van der Waals surface area (Å²) in [6, 6.07) is 0. The van der Waals surface area contributed by atoms with E-state index in [1.165, 1.54) is 6.92 Å². The molecular weight excluding hydrogens is 216 g/mol. The van der Waals surface area contributed by atoms with E-state index in [1.54, 1.807) is 0 Å². The fourth-order valence-corrected chi connectivity index (χ4v) is 0.785. The average molecular weight is 230 g/mol. The second kappa shape index (κ2) is 7.61. The maximum atomic E-state index is 11.3. The molecule has 1 atom stereocenters. The molecule has 0 saturated heterocycles. The van der Waals surface area contributed by atoms with Crippen LogP contribution in [0.5, 0.6) is 0 Å². The van der Waals surface area contributed by atoms with E-state index in [4.69, 9.17) is 10.2 Å². The van der Waals surface area contributed by atoms with Crippen LogP contribution < -0.4 is 0 Å². The molecular formula is C10H14O6. The van der Waals surface area contributed by atoms with Gasteiger partial charge in [-0.3, -0.25) is 0 Å². The van der Waals surface area contributed by atoms with Crippen molar-refractivity contribution in [2.45, 2.75) is 13.2 Å². The highest BCUT2D eigenvalue weighted by molar-refractivity contribution is 5.89. The molecule has 0 amide bonds. The Morgan fingerprint density at radius 2 is 2.00 bits per heavy atom. The van der Waals surface area contributed by atoms with Crippen molar-refractivity contribution >= 4 is 11.9 Å². The molecule has 2 N–H and O–H groups in total. The van der Waals surface area contributed by atoms with Crippen molar-refractivity contribution in [1.29, 1.82) is 0 Å². The van der Waals surface area contributed by atoms with E-state index in [-0.39, 0.29) is 5.57 Å². The van der Waals surface area contributed by atoms with Crippen molar-refractivity contribution in [2.75, 3.05) is 13.2 Å². The predicted molar refractivity (Wildman–Crippen MR) is 54.1 cm³/mol. The van der Waals surface area contributed by atoms with Crippen molar-refractivity contribution in [3.63, 3.8) is 0 Å². The number of carbonyl (C=O) groups is 2. The minimum atomic E-state index is -1.09. The summed E-state index contributed by atoms with van der Waals surface area (Å²) in [6.45, 7) is 3.55. The Balaban J connectivity index is 4.27. The number of carbonyl (C=O) groups excluding carboxylic acids is 2. The van der Waals surface area contributed by atoms with Crippen molar-refractivity contribution in [2.24, 2.45) is 0 Å². The lowest BCUT2D eigenvalue weighted by atomic mass is 10.3. The third-order valence-electron chi connectivity index (χ3n) is 1.49. The first kappa shape index (κ1) is 14.3. The Hall–Kier alpha value is -1.66. The van der Waals surface area contributed by atoms with Gasteiger partial charge in [-0.1, -0.05) is 6.58 Å². The molecule has 0 aromatic rings. The molecule has 1 unspecified atom stereocenters. The number of aliphatic hydroxyl groups excluding tert-OH is 2. The normalized spacial score (nSPS) is 12.8. The summed E-state index contributed by atoms with van der Waals surface area (Å²) in [5.41, 5.74) is -0.107. The maximum absolute atomic E-state index is 11.3. The minimum absolute atomic E-state index is 0.107. The van der Waals surface area contributed by atoms with Gasteiger partial charge in [0.25, 0.3) is 0 Å². The third kappa shape index (κ3) is 5.28. The standard InChI is InChI=1S/C10H14O6/c1-3-9(13)15-7(2)16-10(14)8(6-12)4-5-11/h3-4,7,11-12H,1,5-6H2,2H3/b8-4+. The number of hydrogen-bond donors (Lipinski definition) is 2. The largest absolute Gasteiger partial charge is 0.422 e. The predicted octanol–water partition coefficient (Wildman–Crippen LogP) is -0.484. The van der Waals surface area contributed by atoms with Gasteiger partial charge in [0.1, 0.15) is 0 Å². The second-order valence-electron chi connectivity index (χ2n) is 2.68. The summed E-state index contributed by atoms with van der Waals surface area (Å²) in [7, 11) is 0. The number of hydrogen-bond acceptors (Lipinski definition) is 6. The van der Waals surface area contributed by atoms with Gasteiger partial charge in [-0.2, -0.15) is 0 Å². The third-order valence-corrected chi connectivity index (χ3v) is 1.49. The van der Waals surface area contributed by atoms with E-state index in [0.29, 0.717) is 0 Å². The van der Waals surface area contributed by atoms with Gasteiger partial charge in [0.15, 0.2) is 0 Å². The van der Waals surface area contributed by atoms with Gasteiger partial charge in [-0.25, -0.2) is 9.59 Å². The minimum Gasteiger partial charge on any atom is -0.422 e. The molecule has 0 rings (SSSR count). The number of ether oxygens (including phenoxy) is 2. The first-order valence-electron chi connectivity index (χ1n) is 4.50. The monoisotopic (exact) mass is 230 g/mol. The van der Waals surface area contributed by atoms with E-state index in [0.717, 1.165) is 12.2 Å². The summed E-state index contributed by atoms with van der Waals surface area (Å²) in [5.74, 6) is -1.59. The van der Waals surface area contributed by atoms with Crippen LogP contribution in [0.1, 0.15) is 6.92 Å². The van der Waals surface area contributed by atoms with Crippen LogP contribution in [0.4, 0.5) is 0 Å². The Morgan fingerprint density at radius 1 is 1.38 bits per heavy atom. The summed E-state index contributed by atoms with van der Waals surface area (Å²) in [4.78, 5) is 22.0. The summed E-state index contributed by atoms with van der Waals surface area (Å²) >= 11 is 0. The molecule has 6 nitrogen and oxygen atoms in total. The van der Waals surface area contributed by atoms with Gasteiger partial charge >= 0.3 is 11.9 Å². The fourth-order valence-electron chi connectivity index (χ4n) is 0.785. The summed E-state index contributed by atoms with van der Waals surface area (Å²) in [5, 5.41) is 17.3. The van der Waals surface area contributed by atoms with Gasteiger partial charge in [0.2, 0.25) is 6.29 Å². The average Bonchev–Trinajstić information content (AvgIpc) is 2.25. The smallest absolute Gasteiger partial charge is 0.339 e. The van der Waals surface area contributed by atoms with E-state index in [1.807, 2.05) is 0 Å². The van der Waals surface area contributed by atoms with Gasteiger partial charge in [0, 0.05) is 13.0 Å². The molecule has 0 bridgehead atoms. The molecule has 0 aliphatic carbocycles. The zero-order chi connectivity index (χ0) is 12.6. The number of aliphatic hydroxyl groups is 2. The first-order chi connectivity index (χ1) is 7.54. The highest BCUT2D eigenvalue weighted by Gasteiger charge is 2.15. The lowest BCUT2D eigenvalue weighted by Crippen LogP contribution is -2.22. The second-order valence-corrected chi connectivity index (χ2v) is 2.68. The van der Waals surface area contributed by atoms with Crippen LogP contribution in [0, 0.1) is 0 Å². The Bertz CT molecular complexity index is 294. The van der Waals surface area contributed by atoms with Crippen LogP contribution >= 0.6 is 0 Å². The summed E-state index contributed by atoms with van der Waals surface area (Å²) in [6.07, 6.45) is 0.942. The van der Waals surface area contributed by atoms with Gasteiger partial charge in [0.05, 0.1) is 18.8 Å². The Kier molecular flexibility index (Phi) is 6.82. The van der Waals surface area contributed by atoms with Crippen molar-refractivity contribution in [3.8, 4) is 0 Å². The Labute approximate surface area is 92.8 Å². The topological polar surface area (TPSA) is 93.1 Å². The molecule has 90 valence electrons. The zero-order valence-corrected chi connectivity index (χ0v) is 8.88. The van der Waals surface area contributed by atoms with Gasteiger partial charge in [-0.05, 0) is 6.08 Å². The first-order valence-corrected chi connectivity index (χ1v) is 4.50. The van der Waals surface area contributed by atoms with E-state index in [9.17, 15) is 9.59 Å². The highest BCUT2D eigenvalue weighted by atomic mass is 16.7. The van der Waals surface area contributed by atoms with E-state index >= 15 is 0 Å². The van der Waals surface area contributed by atoms with E-state index < -0.39 is 31.4 Å². The van der Waals surface area contributed by atoms with Gasteiger partial charge < -0.3 is 19.7 Å². The molecule has 0 fully saturated rings. The molecule has 0 aliphatic rings. The lowest BCUT2D eigenvalue weighted by molar-refractivity contribution is -0.178. The quantitative estimate of drug-likeness (QED) is 0.363. The zero-order valence-electron chi connectivity index (χ0n) is 8.88. The molecule has 6 heteroatoms. The van der Waals surface area contributed by atoms with Crippen molar-refractivity contribution in [1.82, 2.24) is 0 Å².